The summed E-state index contributed by atoms with van der Waals surface area (Å²) in [5, 5.41) is 0. The summed E-state index contributed by atoms with van der Waals surface area (Å²) in [5.74, 6) is -3.69. The minimum Gasteiger partial charge on any atom is -0.457 e. The largest absolute Gasteiger partial charge is 0.457 e. The van der Waals surface area contributed by atoms with Gasteiger partial charge in [0.05, 0.1) is 22.5 Å². The van der Waals surface area contributed by atoms with Gasteiger partial charge < -0.3 is 37.9 Å². The van der Waals surface area contributed by atoms with E-state index in [0.717, 1.165) is 0 Å². The number of carbonyl (C=O) groups excluding carboxylic acids is 6. The topological polar surface area (TPSA) is 213 Å². The van der Waals surface area contributed by atoms with Crippen molar-refractivity contribution in [1.29, 1.82) is 0 Å². The lowest BCUT2D eigenvalue weighted by molar-refractivity contribution is -0.169. The molecule has 0 aromatic carbocycles. The second kappa shape index (κ2) is 28.2. The van der Waals surface area contributed by atoms with E-state index in [1.165, 1.54) is 41.2 Å². The molecule has 0 bridgehead atoms. The molecule has 0 N–H and O–H groups in total. The molecule has 17 nitrogen and oxygen atoms in total. The van der Waals surface area contributed by atoms with Gasteiger partial charge in [0.25, 0.3) is 0 Å². The highest BCUT2D eigenvalue weighted by molar-refractivity contribution is 5.82. The van der Waals surface area contributed by atoms with Crippen molar-refractivity contribution in [2.75, 3.05) is 34.0 Å². The summed E-state index contributed by atoms with van der Waals surface area (Å²) in [7, 11) is 2.75. The quantitative estimate of drug-likeness (QED) is 0.111. The molecule has 0 rings (SSSR count). The summed E-state index contributed by atoms with van der Waals surface area (Å²) in [6, 6.07) is 0. The zero-order valence-electron chi connectivity index (χ0n) is 36.9. The van der Waals surface area contributed by atoms with Gasteiger partial charge in [-0.05, 0) is 96.9 Å². The van der Waals surface area contributed by atoms with E-state index >= 15 is 0 Å². The highest BCUT2D eigenvalue weighted by Crippen LogP contribution is 2.08. The number of nitrogens with zero attached hydrogens (tertiary/aromatic N) is 3. The molecule has 17 heteroatoms. The molecule has 0 aromatic heterocycles. The van der Waals surface area contributed by atoms with Crippen LogP contribution in [0.3, 0.4) is 0 Å². The van der Waals surface area contributed by atoms with Crippen molar-refractivity contribution in [1.82, 2.24) is 0 Å². The maximum Gasteiger partial charge on any atom is 0.347 e. The predicted molar refractivity (Wildman–Crippen MR) is 212 cm³/mol. The van der Waals surface area contributed by atoms with Crippen molar-refractivity contribution in [2.24, 2.45) is 20.9 Å². The first-order valence-electron chi connectivity index (χ1n) is 18.2. The van der Waals surface area contributed by atoms with Crippen LogP contribution in [0.1, 0.15) is 111 Å². The van der Waals surface area contributed by atoms with E-state index in [1.54, 1.807) is 40.1 Å². The third-order valence-electron chi connectivity index (χ3n) is 5.76. The van der Waals surface area contributed by atoms with Gasteiger partial charge in [-0.25, -0.2) is 24.0 Å². The smallest absolute Gasteiger partial charge is 0.347 e. The lowest BCUT2D eigenvalue weighted by Gasteiger charge is -2.17. The molecule has 324 valence electrons. The maximum atomic E-state index is 11.7. The van der Waals surface area contributed by atoms with Crippen LogP contribution >= 0.6 is 0 Å². The fourth-order valence-corrected chi connectivity index (χ4v) is 2.86. The summed E-state index contributed by atoms with van der Waals surface area (Å²) in [6.07, 6.45) is 1.16. The first kappa shape index (κ1) is 56.1. The molecule has 0 aliphatic carbocycles. The average Bonchev–Trinajstić information content (AvgIpc) is 3.06. The Bertz CT molecular complexity index is 1290. The molecule has 0 saturated carbocycles. The summed E-state index contributed by atoms with van der Waals surface area (Å²) in [5.41, 5.74) is -0.639. The van der Waals surface area contributed by atoms with Gasteiger partial charge in [-0.15, -0.1) is 0 Å². The van der Waals surface area contributed by atoms with Crippen molar-refractivity contribution in [3.8, 4) is 0 Å². The van der Waals surface area contributed by atoms with Crippen molar-refractivity contribution in [3.05, 3.63) is 0 Å². The van der Waals surface area contributed by atoms with Gasteiger partial charge in [-0.2, -0.15) is 0 Å². The van der Waals surface area contributed by atoms with Crippen molar-refractivity contribution >= 4 is 54.5 Å². The van der Waals surface area contributed by atoms with Gasteiger partial charge in [0.15, 0.2) is 24.9 Å². The average molecular weight is 804 g/mol. The van der Waals surface area contributed by atoms with E-state index < -0.39 is 72.9 Å². The van der Waals surface area contributed by atoms with Gasteiger partial charge >= 0.3 is 35.8 Å². The first-order chi connectivity index (χ1) is 25.4. The van der Waals surface area contributed by atoms with E-state index in [2.05, 4.69) is 24.5 Å². The molecule has 0 spiro atoms. The third kappa shape index (κ3) is 35.5. The molecule has 0 aromatic rings. The highest BCUT2D eigenvalue weighted by atomic mass is 16.6. The van der Waals surface area contributed by atoms with Crippen LogP contribution in [0.4, 0.5) is 0 Å². The van der Waals surface area contributed by atoms with Crippen LogP contribution in [-0.4, -0.2) is 136 Å². The molecule has 5 unspecified atom stereocenters. The lowest BCUT2D eigenvalue weighted by atomic mass is 10.1. The zero-order chi connectivity index (χ0) is 44.4. The van der Waals surface area contributed by atoms with Gasteiger partial charge in [0.2, 0.25) is 0 Å². The SMILES string of the molecule is CC(C=NC(C)(C)C)OC(=O)C(C)OC(=O)C(C)C.COC(C)C(=O)OCC(=O)OCC=NC(C)(C)C.COCC(=O)OC(C)C(=O)OC(C)C=NC(C)(C)C. The van der Waals surface area contributed by atoms with E-state index in [4.69, 9.17) is 28.4 Å². The fraction of sp³-hybridized carbons (Fsp3) is 0.769. The number of carbonyl (C=O) groups is 6. The second-order valence-corrected chi connectivity index (χ2v) is 15.6. The fourth-order valence-electron chi connectivity index (χ4n) is 2.86. The number of esters is 6. The zero-order valence-corrected chi connectivity index (χ0v) is 36.9. The molecule has 5 atom stereocenters. The van der Waals surface area contributed by atoms with Crippen molar-refractivity contribution < 1.29 is 66.7 Å². The van der Waals surface area contributed by atoms with Crippen LogP contribution in [-0.2, 0) is 66.7 Å². The Morgan fingerprint density at radius 1 is 0.500 bits per heavy atom. The number of ether oxygens (including phenoxy) is 8. The van der Waals surface area contributed by atoms with Crippen LogP contribution in [0.15, 0.2) is 15.0 Å². The van der Waals surface area contributed by atoms with Crippen LogP contribution in [0, 0.1) is 5.92 Å². The number of hydrogen-bond donors (Lipinski definition) is 0. The molecule has 0 aliphatic rings. The molecule has 0 heterocycles. The molecule has 0 fully saturated rings. The second-order valence-electron chi connectivity index (χ2n) is 15.6. The molecular formula is C39H69N3O14. The Hall–Kier alpha value is -4.25. The minimum absolute atomic E-state index is 0.0630. The van der Waals surface area contributed by atoms with E-state index in [0.29, 0.717) is 0 Å². The molecule has 0 radical (unpaired) electrons. The summed E-state index contributed by atoms with van der Waals surface area (Å²) < 4.78 is 38.8. The number of aliphatic imine (C=N–C) groups is 3. The van der Waals surface area contributed by atoms with Gasteiger partial charge in [0, 0.05) is 32.9 Å². The summed E-state index contributed by atoms with van der Waals surface area (Å²) >= 11 is 0. The Balaban J connectivity index is -0.000000753. The number of rotatable bonds is 17. The van der Waals surface area contributed by atoms with Gasteiger partial charge in [-0.1, -0.05) is 13.8 Å². The predicted octanol–water partition coefficient (Wildman–Crippen LogP) is 4.72. The normalized spacial score (nSPS) is 14.6. The Morgan fingerprint density at radius 3 is 1.30 bits per heavy atom. The minimum atomic E-state index is -0.965. The molecule has 0 saturated heterocycles. The maximum absolute atomic E-state index is 11.7. The Kier molecular flexibility index (Phi) is 28.2. The lowest BCUT2D eigenvalue weighted by Crippen LogP contribution is -2.31. The van der Waals surface area contributed by atoms with Crippen LogP contribution in [0.2, 0.25) is 0 Å². The van der Waals surface area contributed by atoms with Gasteiger partial charge in [0.1, 0.15) is 25.4 Å². The van der Waals surface area contributed by atoms with E-state index in [9.17, 15) is 28.8 Å². The summed E-state index contributed by atoms with van der Waals surface area (Å²) in [6.45, 7) is 28.2. The van der Waals surface area contributed by atoms with Crippen LogP contribution in [0.25, 0.3) is 0 Å². The van der Waals surface area contributed by atoms with E-state index in [-0.39, 0.29) is 35.7 Å². The highest BCUT2D eigenvalue weighted by Gasteiger charge is 2.23. The number of methoxy groups -OCH3 is 2. The van der Waals surface area contributed by atoms with E-state index in [1.807, 2.05) is 62.3 Å². The molecular weight excluding hydrogens is 734 g/mol. The van der Waals surface area contributed by atoms with Gasteiger partial charge in [-0.3, -0.25) is 19.8 Å². The Labute approximate surface area is 333 Å². The third-order valence-corrected chi connectivity index (χ3v) is 5.76. The summed E-state index contributed by atoms with van der Waals surface area (Å²) in [4.78, 5) is 80.7. The monoisotopic (exact) mass is 803 g/mol. The first-order valence-corrected chi connectivity index (χ1v) is 18.2. The van der Waals surface area contributed by atoms with Crippen molar-refractivity contribution in [3.63, 3.8) is 0 Å². The van der Waals surface area contributed by atoms with Crippen molar-refractivity contribution in [2.45, 2.75) is 158 Å². The molecule has 0 amide bonds. The Morgan fingerprint density at radius 2 is 0.929 bits per heavy atom. The molecule has 0 aliphatic heterocycles. The standard InChI is InChI=1S/C14H25NO4.C13H23NO5.C12H21NO5/c1-9(2)12(16)19-11(4)13(17)18-10(3)8-15-14(5,6)7;1-9(7-14-13(3,4)5)18-12(16)10(2)19-11(15)8-17-6;1-9(16-5)11(15)18-8-10(14)17-7-6-13-12(2,3)4/h8-11H,1-7H3;7,9-10H,8H2,1-6H3;6,9H,7-8H2,1-5H3. The number of hydrogen-bond acceptors (Lipinski definition) is 17. The van der Waals surface area contributed by atoms with Crippen LogP contribution < -0.4 is 0 Å². The molecule has 56 heavy (non-hydrogen) atoms. The van der Waals surface area contributed by atoms with Crippen LogP contribution in [0.5, 0.6) is 0 Å².